The largest absolute Gasteiger partial charge is 0.394 e. The average Bonchev–Trinajstić information content (AvgIpc) is 3.40. The second kappa shape index (κ2) is 64.6. The number of carbonyl (C=O) groups is 1. The Morgan fingerprint density at radius 1 is 0.338 bits per heavy atom. The summed E-state index contributed by atoms with van der Waals surface area (Å²) in [5, 5.41) is 23.3. The highest BCUT2D eigenvalue weighted by molar-refractivity contribution is 5.76. The number of unbranched alkanes of at least 4 members (excludes halogenated alkanes) is 38. The van der Waals surface area contributed by atoms with Crippen molar-refractivity contribution >= 4 is 5.91 Å². The number of hydrogen-bond donors (Lipinski definition) is 3. The first-order chi connectivity index (χ1) is 36.7. The van der Waals surface area contributed by atoms with Crippen LogP contribution in [0.1, 0.15) is 322 Å². The molecule has 0 aromatic rings. The molecule has 4 nitrogen and oxygen atoms in total. The number of aliphatic hydroxyl groups excluding tert-OH is 2. The number of hydrogen-bond acceptors (Lipinski definition) is 3. The molecule has 0 aromatic heterocycles. The number of carbonyl (C=O) groups excluding carboxylic acids is 1. The van der Waals surface area contributed by atoms with E-state index in [1.165, 1.54) is 231 Å². The summed E-state index contributed by atoms with van der Waals surface area (Å²) in [6.45, 7) is 4.22. The Balaban J connectivity index is 3.52. The van der Waals surface area contributed by atoms with Crippen molar-refractivity contribution in [3.8, 4) is 0 Å². The van der Waals surface area contributed by atoms with Gasteiger partial charge >= 0.3 is 0 Å². The van der Waals surface area contributed by atoms with E-state index in [9.17, 15) is 15.0 Å². The maximum absolute atomic E-state index is 12.5. The predicted molar refractivity (Wildman–Crippen MR) is 331 cm³/mol. The predicted octanol–water partition coefficient (Wildman–Crippen LogP) is 22.0. The van der Waals surface area contributed by atoms with Gasteiger partial charge in [0.05, 0.1) is 18.8 Å². The van der Waals surface area contributed by atoms with Crippen LogP contribution in [0.3, 0.4) is 0 Å². The van der Waals surface area contributed by atoms with Crippen LogP contribution in [0.25, 0.3) is 0 Å². The third-order valence-corrected chi connectivity index (χ3v) is 14.6. The summed E-state index contributed by atoms with van der Waals surface area (Å²) in [6.07, 6.45) is 96.0. The molecule has 0 aromatic carbocycles. The summed E-state index contributed by atoms with van der Waals surface area (Å²) >= 11 is 0. The van der Waals surface area contributed by atoms with E-state index in [1.54, 1.807) is 6.08 Å². The van der Waals surface area contributed by atoms with Crippen molar-refractivity contribution in [3.05, 3.63) is 97.2 Å². The quantitative estimate of drug-likeness (QED) is 0.0420. The van der Waals surface area contributed by atoms with Crippen molar-refractivity contribution < 1.29 is 15.0 Å². The van der Waals surface area contributed by atoms with Gasteiger partial charge in [0.1, 0.15) is 0 Å². The second-order valence-electron chi connectivity index (χ2n) is 21.8. The number of aliphatic hydroxyl groups is 2. The summed E-state index contributed by atoms with van der Waals surface area (Å²) in [5.74, 6) is -0.0672. The standard InChI is InChI=1S/C70H125NO3/c1-3-5-7-9-11-13-15-17-19-21-23-25-27-29-31-33-34-35-36-38-40-42-44-46-48-50-52-54-56-58-60-62-64-66-70(74)71-68(67-72)69(73)65-63-61-59-57-55-53-51-49-47-45-43-41-39-37-32-30-28-26-24-22-20-18-16-14-12-10-8-6-4-2/h5,7,11,13,17,19,23,25,29,31,34-35,38,40,63,65,68-69,72-73H,3-4,6,8-10,12,14-16,18,20-22,24,26-28,30,32-33,36-37,39,41-62,64,66-67H2,1-2H3,(H,71,74)/b7-5-,13-11-,19-17-,25-23-,31-29-,35-34-,40-38-,65-63+. The molecule has 0 radical (unpaired) electrons. The molecule has 0 saturated carbocycles. The van der Waals surface area contributed by atoms with E-state index in [0.717, 1.165) is 70.6 Å². The van der Waals surface area contributed by atoms with Crippen LogP contribution in [0.5, 0.6) is 0 Å². The maximum atomic E-state index is 12.5. The van der Waals surface area contributed by atoms with E-state index >= 15 is 0 Å². The van der Waals surface area contributed by atoms with E-state index in [2.05, 4.69) is 104 Å². The number of nitrogens with one attached hydrogen (secondary N) is 1. The molecule has 0 rings (SSSR count). The fourth-order valence-electron chi connectivity index (χ4n) is 9.69. The Morgan fingerprint density at radius 2 is 0.595 bits per heavy atom. The van der Waals surface area contributed by atoms with Crippen molar-refractivity contribution in [1.82, 2.24) is 5.32 Å². The molecule has 4 heteroatoms. The van der Waals surface area contributed by atoms with Gasteiger partial charge in [0, 0.05) is 6.42 Å². The van der Waals surface area contributed by atoms with Gasteiger partial charge in [0.15, 0.2) is 0 Å². The SMILES string of the molecule is CC/C=C\C/C=C\C/C=C\C/C=C\C/C=C\C/C=C\C/C=C\CCCCCCCCCCCCCC(=O)NC(CO)C(O)/C=C/CCCCCCCCCCCCCCCCCCCCCCCCCCCCC. The Labute approximate surface area is 462 Å². The third kappa shape index (κ3) is 60.2. The lowest BCUT2D eigenvalue weighted by molar-refractivity contribution is -0.123. The van der Waals surface area contributed by atoms with Crippen LogP contribution in [-0.2, 0) is 4.79 Å². The van der Waals surface area contributed by atoms with Crippen LogP contribution in [0.4, 0.5) is 0 Å². The zero-order chi connectivity index (χ0) is 53.4. The molecule has 3 N–H and O–H groups in total. The Kier molecular flexibility index (Phi) is 62.2. The molecule has 2 unspecified atom stereocenters. The molecule has 0 bridgehead atoms. The smallest absolute Gasteiger partial charge is 0.220 e. The van der Waals surface area contributed by atoms with Crippen molar-refractivity contribution in [2.75, 3.05) is 6.61 Å². The highest BCUT2D eigenvalue weighted by Crippen LogP contribution is 2.18. The van der Waals surface area contributed by atoms with Gasteiger partial charge in [-0.2, -0.15) is 0 Å². The van der Waals surface area contributed by atoms with E-state index < -0.39 is 12.1 Å². The summed E-state index contributed by atoms with van der Waals surface area (Å²) in [6, 6.07) is -0.631. The lowest BCUT2D eigenvalue weighted by Gasteiger charge is -2.20. The van der Waals surface area contributed by atoms with E-state index in [4.69, 9.17) is 0 Å². The molecule has 0 aliphatic heterocycles. The normalized spacial score (nSPS) is 13.4. The minimum atomic E-state index is -0.848. The number of amides is 1. The van der Waals surface area contributed by atoms with Gasteiger partial charge in [-0.1, -0.05) is 336 Å². The Hall–Kier alpha value is -2.69. The van der Waals surface area contributed by atoms with Gasteiger partial charge in [0.2, 0.25) is 5.91 Å². The molecule has 1 amide bonds. The van der Waals surface area contributed by atoms with Crippen LogP contribution >= 0.6 is 0 Å². The van der Waals surface area contributed by atoms with Gasteiger partial charge in [0.25, 0.3) is 0 Å². The number of rotatable bonds is 59. The lowest BCUT2D eigenvalue weighted by atomic mass is 10.0. The fraction of sp³-hybridized carbons (Fsp3) is 0.757. The first-order valence-corrected chi connectivity index (χ1v) is 32.5. The third-order valence-electron chi connectivity index (χ3n) is 14.6. The summed E-state index contributed by atoms with van der Waals surface area (Å²) in [4.78, 5) is 12.5. The highest BCUT2D eigenvalue weighted by Gasteiger charge is 2.18. The van der Waals surface area contributed by atoms with E-state index in [1.807, 2.05) is 6.08 Å². The Bertz CT molecular complexity index is 1350. The fourth-order valence-corrected chi connectivity index (χ4v) is 9.69. The van der Waals surface area contributed by atoms with Gasteiger partial charge < -0.3 is 15.5 Å². The molecule has 0 heterocycles. The Morgan fingerprint density at radius 3 is 0.892 bits per heavy atom. The summed E-state index contributed by atoms with van der Waals surface area (Å²) in [5.41, 5.74) is 0. The van der Waals surface area contributed by atoms with Gasteiger partial charge in [-0.3, -0.25) is 4.79 Å². The monoisotopic (exact) mass is 1030 g/mol. The molecule has 0 fully saturated rings. The molecule has 428 valence electrons. The van der Waals surface area contributed by atoms with Crippen LogP contribution in [0, 0.1) is 0 Å². The topological polar surface area (TPSA) is 69.6 Å². The van der Waals surface area contributed by atoms with Crippen molar-refractivity contribution in [2.24, 2.45) is 0 Å². The van der Waals surface area contributed by atoms with Crippen molar-refractivity contribution in [1.29, 1.82) is 0 Å². The van der Waals surface area contributed by atoms with E-state index in [-0.39, 0.29) is 12.5 Å². The van der Waals surface area contributed by atoms with Crippen LogP contribution in [-0.4, -0.2) is 34.9 Å². The first kappa shape index (κ1) is 71.3. The lowest BCUT2D eigenvalue weighted by Crippen LogP contribution is -2.45. The molecular weight excluding hydrogens is 903 g/mol. The summed E-state index contributed by atoms with van der Waals surface area (Å²) < 4.78 is 0. The van der Waals surface area contributed by atoms with Crippen molar-refractivity contribution in [3.63, 3.8) is 0 Å². The molecule has 0 aliphatic rings. The minimum absolute atomic E-state index is 0.0672. The van der Waals surface area contributed by atoms with Gasteiger partial charge in [-0.25, -0.2) is 0 Å². The maximum Gasteiger partial charge on any atom is 0.220 e. The molecule has 0 saturated heterocycles. The molecule has 2 atom stereocenters. The van der Waals surface area contributed by atoms with E-state index in [0.29, 0.717) is 6.42 Å². The summed E-state index contributed by atoms with van der Waals surface area (Å²) in [7, 11) is 0. The molecule has 74 heavy (non-hydrogen) atoms. The van der Waals surface area contributed by atoms with Gasteiger partial charge in [-0.05, 0) is 77.0 Å². The zero-order valence-electron chi connectivity index (χ0n) is 49.3. The minimum Gasteiger partial charge on any atom is -0.394 e. The van der Waals surface area contributed by atoms with Crippen LogP contribution in [0.2, 0.25) is 0 Å². The highest BCUT2D eigenvalue weighted by atomic mass is 16.3. The van der Waals surface area contributed by atoms with Gasteiger partial charge in [-0.15, -0.1) is 0 Å². The molecule has 0 aliphatic carbocycles. The first-order valence-electron chi connectivity index (χ1n) is 32.5. The second-order valence-corrected chi connectivity index (χ2v) is 21.8. The van der Waals surface area contributed by atoms with Crippen LogP contribution in [0.15, 0.2) is 97.2 Å². The average molecular weight is 1030 g/mol. The zero-order valence-corrected chi connectivity index (χ0v) is 49.3. The van der Waals surface area contributed by atoms with Crippen LogP contribution < -0.4 is 5.32 Å². The number of allylic oxidation sites excluding steroid dienone is 15. The molecular formula is C70H125NO3. The molecule has 0 spiro atoms. The van der Waals surface area contributed by atoms with Crippen molar-refractivity contribution in [2.45, 2.75) is 334 Å².